The van der Waals surface area contributed by atoms with Crippen molar-refractivity contribution in [1.29, 1.82) is 0 Å². The summed E-state index contributed by atoms with van der Waals surface area (Å²) in [7, 11) is 0. The molecule has 0 saturated heterocycles. The molecule has 1 heterocycles. The summed E-state index contributed by atoms with van der Waals surface area (Å²) in [5.41, 5.74) is 6.88. The van der Waals surface area contributed by atoms with Crippen LogP contribution in [0.25, 0.3) is 0 Å². The van der Waals surface area contributed by atoms with Crippen LogP contribution in [0.5, 0.6) is 0 Å². The van der Waals surface area contributed by atoms with Crippen LogP contribution < -0.4 is 11.1 Å². The van der Waals surface area contributed by atoms with Crippen molar-refractivity contribution in [2.24, 2.45) is 11.7 Å². The molecule has 0 aromatic carbocycles. The molecule has 0 saturated carbocycles. The molecule has 2 aliphatic rings. The fraction of sp³-hybridized carbons (Fsp3) is 0.300. The first-order valence-electron chi connectivity index (χ1n) is 4.51. The standard InChI is InChI=1S/C10H12N2O2/c11-5-7-3-1-2-6-4-8(10(13)14)12-9(6)7/h1-4,6,9,12H,5,11H2,(H,13,14). The summed E-state index contributed by atoms with van der Waals surface area (Å²) in [6.45, 7) is 0.458. The van der Waals surface area contributed by atoms with Gasteiger partial charge in [0.15, 0.2) is 0 Å². The highest BCUT2D eigenvalue weighted by atomic mass is 16.4. The van der Waals surface area contributed by atoms with Crippen molar-refractivity contribution in [2.45, 2.75) is 6.04 Å². The summed E-state index contributed by atoms with van der Waals surface area (Å²) in [4.78, 5) is 10.7. The molecule has 4 N–H and O–H groups in total. The van der Waals surface area contributed by atoms with Crippen LogP contribution in [0.15, 0.2) is 35.6 Å². The van der Waals surface area contributed by atoms with Crippen LogP contribution in [0, 0.1) is 5.92 Å². The van der Waals surface area contributed by atoms with Gasteiger partial charge in [0.1, 0.15) is 5.70 Å². The van der Waals surface area contributed by atoms with Gasteiger partial charge in [-0.1, -0.05) is 18.2 Å². The van der Waals surface area contributed by atoms with Crippen LogP contribution in [0.2, 0.25) is 0 Å². The van der Waals surface area contributed by atoms with Gasteiger partial charge in [0.25, 0.3) is 0 Å². The lowest BCUT2D eigenvalue weighted by Gasteiger charge is -2.22. The molecule has 0 aromatic rings. The van der Waals surface area contributed by atoms with Gasteiger partial charge in [-0.15, -0.1) is 0 Å². The van der Waals surface area contributed by atoms with Crippen molar-refractivity contribution in [3.63, 3.8) is 0 Å². The van der Waals surface area contributed by atoms with Crippen LogP contribution in [-0.4, -0.2) is 23.7 Å². The minimum Gasteiger partial charge on any atom is -0.477 e. The molecule has 0 spiro atoms. The largest absolute Gasteiger partial charge is 0.477 e. The number of aliphatic carboxylic acids is 1. The molecule has 4 heteroatoms. The Morgan fingerprint density at radius 1 is 1.64 bits per heavy atom. The van der Waals surface area contributed by atoms with Gasteiger partial charge < -0.3 is 16.2 Å². The third-order valence-corrected chi connectivity index (χ3v) is 2.56. The summed E-state index contributed by atoms with van der Waals surface area (Å²) >= 11 is 0. The van der Waals surface area contributed by atoms with Crippen molar-refractivity contribution in [2.75, 3.05) is 6.54 Å². The van der Waals surface area contributed by atoms with Crippen molar-refractivity contribution < 1.29 is 9.90 Å². The number of fused-ring (bicyclic) bond motifs is 1. The Labute approximate surface area is 81.8 Å². The molecule has 0 bridgehead atoms. The molecule has 4 nitrogen and oxygen atoms in total. The first-order valence-corrected chi connectivity index (χ1v) is 4.51. The van der Waals surface area contributed by atoms with Crippen LogP contribution in [0.1, 0.15) is 0 Å². The number of nitrogens with one attached hydrogen (secondary N) is 1. The maximum atomic E-state index is 10.7. The molecule has 0 radical (unpaired) electrons. The lowest BCUT2D eigenvalue weighted by Crippen LogP contribution is -2.35. The van der Waals surface area contributed by atoms with E-state index < -0.39 is 5.97 Å². The fourth-order valence-corrected chi connectivity index (χ4v) is 1.85. The first-order chi connectivity index (χ1) is 6.72. The van der Waals surface area contributed by atoms with E-state index in [1.54, 1.807) is 6.08 Å². The Morgan fingerprint density at radius 3 is 3.07 bits per heavy atom. The zero-order valence-corrected chi connectivity index (χ0v) is 7.60. The van der Waals surface area contributed by atoms with Crippen molar-refractivity contribution in [1.82, 2.24) is 5.32 Å². The number of allylic oxidation sites excluding steroid dienone is 2. The monoisotopic (exact) mass is 192 g/mol. The van der Waals surface area contributed by atoms with Crippen molar-refractivity contribution in [3.05, 3.63) is 35.6 Å². The number of carboxylic acid groups (broad SMARTS) is 1. The van der Waals surface area contributed by atoms with Crippen molar-refractivity contribution in [3.8, 4) is 0 Å². The van der Waals surface area contributed by atoms with Crippen LogP contribution >= 0.6 is 0 Å². The molecule has 1 aliphatic carbocycles. The van der Waals surface area contributed by atoms with Gasteiger partial charge in [0, 0.05) is 12.5 Å². The highest BCUT2D eigenvalue weighted by Gasteiger charge is 2.31. The predicted molar refractivity (Wildman–Crippen MR) is 52.4 cm³/mol. The van der Waals surface area contributed by atoms with Gasteiger partial charge in [-0.2, -0.15) is 0 Å². The third-order valence-electron chi connectivity index (χ3n) is 2.56. The van der Waals surface area contributed by atoms with Gasteiger partial charge >= 0.3 is 5.97 Å². The molecule has 14 heavy (non-hydrogen) atoms. The highest BCUT2D eigenvalue weighted by molar-refractivity contribution is 5.87. The Bertz CT molecular complexity index is 355. The van der Waals surface area contributed by atoms with Gasteiger partial charge in [0.05, 0.1) is 6.04 Å². The summed E-state index contributed by atoms with van der Waals surface area (Å²) in [5.74, 6) is -0.783. The van der Waals surface area contributed by atoms with E-state index in [1.807, 2.05) is 18.2 Å². The minimum absolute atomic E-state index is 0.0381. The molecule has 74 valence electrons. The lowest BCUT2D eigenvalue weighted by molar-refractivity contribution is -0.133. The van der Waals surface area contributed by atoms with E-state index in [0.29, 0.717) is 6.54 Å². The average molecular weight is 192 g/mol. The SMILES string of the molecule is NCC1=CC=CC2C=C(C(=O)O)NC12. The second-order valence-electron chi connectivity index (χ2n) is 3.42. The minimum atomic E-state index is -0.913. The Morgan fingerprint density at radius 2 is 2.43 bits per heavy atom. The van der Waals surface area contributed by atoms with Crippen LogP contribution in [0.3, 0.4) is 0 Å². The van der Waals surface area contributed by atoms with E-state index in [-0.39, 0.29) is 17.7 Å². The summed E-state index contributed by atoms with van der Waals surface area (Å²) in [6, 6.07) is 0.0381. The molecule has 1 aliphatic heterocycles. The average Bonchev–Trinajstić information content (AvgIpc) is 2.60. The van der Waals surface area contributed by atoms with E-state index in [9.17, 15) is 4.79 Å². The van der Waals surface area contributed by atoms with Crippen LogP contribution in [-0.2, 0) is 4.79 Å². The van der Waals surface area contributed by atoms with Crippen molar-refractivity contribution >= 4 is 5.97 Å². The quantitative estimate of drug-likeness (QED) is 0.575. The topological polar surface area (TPSA) is 75.4 Å². The summed E-state index contributed by atoms with van der Waals surface area (Å²) in [6.07, 6.45) is 7.57. The number of rotatable bonds is 2. The zero-order chi connectivity index (χ0) is 10.1. The van der Waals surface area contributed by atoms with E-state index in [2.05, 4.69) is 5.32 Å². The smallest absolute Gasteiger partial charge is 0.351 e. The molecule has 0 fully saturated rings. The number of hydrogen-bond acceptors (Lipinski definition) is 3. The van der Waals surface area contributed by atoms with E-state index in [1.165, 1.54) is 0 Å². The number of nitrogens with two attached hydrogens (primary N) is 1. The summed E-state index contributed by atoms with van der Waals surface area (Å²) < 4.78 is 0. The molecule has 2 unspecified atom stereocenters. The summed E-state index contributed by atoms with van der Waals surface area (Å²) in [5, 5.41) is 11.8. The highest BCUT2D eigenvalue weighted by Crippen LogP contribution is 2.26. The second kappa shape index (κ2) is 3.31. The normalized spacial score (nSPS) is 28.9. The zero-order valence-electron chi connectivity index (χ0n) is 7.60. The molecular weight excluding hydrogens is 180 g/mol. The molecular formula is C10H12N2O2. The van der Waals surface area contributed by atoms with E-state index >= 15 is 0 Å². The fourth-order valence-electron chi connectivity index (χ4n) is 1.85. The lowest BCUT2D eigenvalue weighted by atomic mass is 9.91. The number of carbonyl (C=O) groups is 1. The Hall–Kier alpha value is -1.55. The number of hydrogen-bond donors (Lipinski definition) is 3. The van der Waals surface area contributed by atoms with Gasteiger partial charge in [0.2, 0.25) is 0 Å². The second-order valence-corrected chi connectivity index (χ2v) is 3.42. The van der Waals surface area contributed by atoms with Gasteiger partial charge in [-0.25, -0.2) is 4.79 Å². The molecule has 2 atom stereocenters. The predicted octanol–water partition coefficient (Wildman–Crippen LogP) is -0.00220. The number of carboxylic acids is 1. The first kappa shape index (κ1) is 9.02. The van der Waals surface area contributed by atoms with E-state index in [0.717, 1.165) is 5.57 Å². The van der Waals surface area contributed by atoms with E-state index in [4.69, 9.17) is 10.8 Å². The van der Waals surface area contributed by atoms with Gasteiger partial charge in [-0.05, 0) is 11.6 Å². The maximum Gasteiger partial charge on any atom is 0.351 e. The molecule has 2 rings (SSSR count). The third kappa shape index (κ3) is 1.33. The van der Waals surface area contributed by atoms with Crippen LogP contribution in [0.4, 0.5) is 0 Å². The Balaban J connectivity index is 2.23. The molecule has 0 amide bonds. The van der Waals surface area contributed by atoms with Gasteiger partial charge in [-0.3, -0.25) is 0 Å². The Kier molecular flexibility index (Phi) is 2.13. The molecule has 0 aromatic heterocycles. The maximum absolute atomic E-state index is 10.7.